The first kappa shape index (κ1) is 27.9. The Bertz CT molecular complexity index is 1310. The number of carbonyl (C=O) groups excluding carboxylic acids is 2. The van der Waals surface area contributed by atoms with Crippen molar-refractivity contribution in [2.45, 2.75) is 38.5 Å². The lowest BCUT2D eigenvalue weighted by Gasteiger charge is -2.22. The summed E-state index contributed by atoms with van der Waals surface area (Å²) in [6.45, 7) is 10.1. The molecule has 0 radical (unpaired) electrons. The number of anilines is 1. The Morgan fingerprint density at radius 2 is 1.92 bits per heavy atom. The van der Waals surface area contributed by atoms with Crippen LogP contribution >= 0.6 is 23.4 Å². The molecule has 0 unspecified atom stereocenters. The van der Waals surface area contributed by atoms with Gasteiger partial charge in [0.1, 0.15) is 0 Å². The maximum absolute atomic E-state index is 12.9. The molecule has 2 aromatic carbocycles. The van der Waals surface area contributed by atoms with E-state index in [2.05, 4.69) is 27.4 Å². The zero-order chi connectivity index (χ0) is 27.1. The van der Waals surface area contributed by atoms with Gasteiger partial charge in [0.2, 0.25) is 5.91 Å². The van der Waals surface area contributed by atoms with Gasteiger partial charge < -0.3 is 15.2 Å². The lowest BCUT2D eigenvalue weighted by Crippen LogP contribution is -2.33. The SMILES string of the molecule is C=CCn1c(SCC(=O)Nc2cc([N+](=O)[O-])ccc2Cl)nnc1[C@H](NC(=O)c1ccc(C)cc1)C(C)C. The summed E-state index contributed by atoms with van der Waals surface area (Å²) in [6.07, 6.45) is 1.68. The molecule has 0 aliphatic heterocycles. The number of hydrogen-bond donors (Lipinski definition) is 2. The molecular formula is C25H27ClN6O4S. The van der Waals surface area contributed by atoms with Crippen molar-refractivity contribution in [3.8, 4) is 0 Å². The van der Waals surface area contributed by atoms with Crippen molar-refractivity contribution in [1.29, 1.82) is 0 Å². The Morgan fingerprint density at radius 3 is 2.54 bits per heavy atom. The fraction of sp³-hybridized carbons (Fsp3) is 0.280. The van der Waals surface area contributed by atoms with E-state index in [-0.39, 0.29) is 34.0 Å². The fourth-order valence-electron chi connectivity index (χ4n) is 3.44. The van der Waals surface area contributed by atoms with E-state index in [4.69, 9.17) is 11.6 Å². The molecule has 0 spiro atoms. The third kappa shape index (κ3) is 7.17. The van der Waals surface area contributed by atoms with Crippen LogP contribution in [0.1, 0.15) is 41.6 Å². The van der Waals surface area contributed by atoms with E-state index in [9.17, 15) is 19.7 Å². The molecule has 2 N–H and O–H groups in total. The number of benzene rings is 2. The summed E-state index contributed by atoms with van der Waals surface area (Å²) >= 11 is 7.21. The van der Waals surface area contributed by atoms with Gasteiger partial charge in [-0.05, 0) is 31.0 Å². The molecule has 10 nitrogen and oxygen atoms in total. The first-order valence-electron chi connectivity index (χ1n) is 11.4. The third-order valence-corrected chi connectivity index (χ3v) is 6.67. The summed E-state index contributed by atoms with van der Waals surface area (Å²) in [6, 6.07) is 10.7. The highest BCUT2D eigenvalue weighted by Gasteiger charge is 2.26. The topological polar surface area (TPSA) is 132 Å². The van der Waals surface area contributed by atoms with E-state index in [0.29, 0.717) is 23.1 Å². The summed E-state index contributed by atoms with van der Waals surface area (Å²) in [5.74, 6) is -0.153. The van der Waals surface area contributed by atoms with E-state index in [1.165, 1.54) is 18.2 Å². The molecule has 2 amide bonds. The van der Waals surface area contributed by atoms with Crippen LogP contribution in [0.15, 0.2) is 60.3 Å². The molecule has 37 heavy (non-hydrogen) atoms. The Morgan fingerprint density at radius 1 is 1.22 bits per heavy atom. The highest BCUT2D eigenvalue weighted by molar-refractivity contribution is 7.99. The highest BCUT2D eigenvalue weighted by atomic mass is 35.5. The Labute approximate surface area is 223 Å². The smallest absolute Gasteiger partial charge is 0.271 e. The predicted molar refractivity (Wildman–Crippen MR) is 144 cm³/mol. The number of allylic oxidation sites excluding steroid dienone is 1. The number of halogens is 1. The third-order valence-electron chi connectivity index (χ3n) is 5.37. The second kappa shape index (κ2) is 12.5. The largest absolute Gasteiger partial charge is 0.342 e. The maximum Gasteiger partial charge on any atom is 0.271 e. The Kier molecular flexibility index (Phi) is 9.42. The number of hydrogen-bond acceptors (Lipinski definition) is 7. The molecule has 0 saturated carbocycles. The van der Waals surface area contributed by atoms with E-state index < -0.39 is 16.9 Å². The number of nitrogens with zero attached hydrogens (tertiary/aromatic N) is 4. The number of non-ortho nitro benzene ring substituents is 1. The number of aromatic nitrogens is 3. The van der Waals surface area contributed by atoms with E-state index in [0.717, 1.165) is 17.3 Å². The van der Waals surface area contributed by atoms with Crippen LogP contribution in [-0.2, 0) is 11.3 Å². The number of nitro groups is 1. The summed E-state index contributed by atoms with van der Waals surface area (Å²) in [5, 5.41) is 25.9. The van der Waals surface area contributed by atoms with Gasteiger partial charge >= 0.3 is 0 Å². The van der Waals surface area contributed by atoms with Gasteiger partial charge in [-0.15, -0.1) is 16.8 Å². The summed E-state index contributed by atoms with van der Waals surface area (Å²) < 4.78 is 1.80. The number of amides is 2. The summed E-state index contributed by atoms with van der Waals surface area (Å²) in [5.41, 5.74) is 1.56. The molecule has 3 aromatic rings. The van der Waals surface area contributed by atoms with Crippen LogP contribution in [0.2, 0.25) is 5.02 Å². The zero-order valence-electron chi connectivity index (χ0n) is 20.6. The Hall–Kier alpha value is -3.70. The van der Waals surface area contributed by atoms with E-state index in [1.54, 1.807) is 22.8 Å². The molecule has 0 fully saturated rings. The van der Waals surface area contributed by atoms with Crippen LogP contribution in [0.25, 0.3) is 0 Å². The molecule has 12 heteroatoms. The molecule has 1 heterocycles. The molecule has 3 rings (SSSR count). The van der Waals surface area contributed by atoms with Gasteiger partial charge in [-0.1, -0.05) is 61.0 Å². The van der Waals surface area contributed by atoms with Gasteiger partial charge in [0.15, 0.2) is 11.0 Å². The van der Waals surface area contributed by atoms with Gasteiger partial charge in [-0.3, -0.25) is 19.7 Å². The van der Waals surface area contributed by atoms with Crippen LogP contribution in [0.5, 0.6) is 0 Å². The molecule has 0 aliphatic carbocycles. The monoisotopic (exact) mass is 542 g/mol. The second-order valence-corrected chi connectivity index (χ2v) is 9.91. The van der Waals surface area contributed by atoms with Crippen molar-refractivity contribution in [3.63, 3.8) is 0 Å². The normalized spacial score (nSPS) is 11.7. The minimum Gasteiger partial charge on any atom is -0.342 e. The zero-order valence-corrected chi connectivity index (χ0v) is 22.2. The lowest BCUT2D eigenvalue weighted by atomic mass is 10.0. The molecular weight excluding hydrogens is 516 g/mol. The van der Waals surface area contributed by atoms with E-state index >= 15 is 0 Å². The van der Waals surface area contributed by atoms with Crippen molar-refractivity contribution in [3.05, 3.63) is 87.2 Å². The van der Waals surface area contributed by atoms with Crippen LogP contribution in [0, 0.1) is 23.0 Å². The molecule has 1 aromatic heterocycles. The number of nitro benzene ring substituents is 1. The van der Waals surface area contributed by atoms with Crippen LogP contribution in [0.4, 0.5) is 11.4 Å². The summed E-state index contributed by atoms with van der Waals surface area (Å²) in [4.78, 5) is 35.9. The predicted octanol–water partition coefficient (Wildman–Crippen LogP) is 5.19. The minimum absolute atomic E-state index is 0.000625. The van der Waals surface area contributed by atoms with Crippen LogP contribution in [-0.4, -0.2) is 37.3 Å². The maximum atomic E-state index is 12.9. The number of nitrogens with one attached hydrogen (secondary N) is 2. The second-order valence-electron chi connectivity index (χ2n) is 8.56. The minimum atomic E-state index is -0.567. The molecule has 0 saturated heterocycles. The highest BCUT2D eigenvalue weighted by Crippen LogP contribution is 2.28. The van der Waals surface area contributed by atoms with Gasteiger partial charge in [0, 0.05) is 24.2 Å². The van der Waals surface area contributed by atoms with Crippen LogP contribution < -0.4 is 10.6 Å². The standard InChI is InChI=1S/C25H27ClN6O4S/c1-5-12-31-23(22(15(2)3)28-24(34)17-8-6-16(4)7-9-17)29-30-25(31)37-14-21(33)27-20-13-18(32(35)36)10-11-19(20)26/h5-11,13,15,22H,1,12,14H2,2-4H3,(H,27,33)(H,28,34)/t22-/m1/s1. The number of carbonyl (C=O) groups is 2. The summed E-state index contributed by atoms with van der Waals surface area (Å²) in [7, 11) is 0. The van der Waals surface area contributed by atoms with E-state index in [1.807, 2.05) is 32.9 Å². The number of aryl methyl sites for hydroxylation is 1. The van der Waals surface area contributed by atoms with Gasteiger partial charge in [0.05, 0.1) is 27.4 Å². The Balaban J connectivity index is 1.76. The van der Waals surface area contributed by atoms with Crippen molar-refractivity contribution in [1.82, 2.24) is 20.1 Å². The average molecular weight is 543 g/mol. The molecule has 1 atom stereocenters. The molecule has 194 valence electrons. The van der Waals surface area contributed by atoms with Crippen molar-refractivity contribution < 1.29 is 14.5 Å². The first-order chi connectivity index (χ1) is 17.6. The molecule has 0 aliphatic rings. The van der Waals surface area contributed by atoms with Crippen molar-refractivity contribution in [2.24, 2.45) is 5.92 Å². The van der Waals surface area contributed by atoms with Crippen molar-refractivity contribution >= 4 is 46.6 Å². The number of thioether (sulfide) groups is 1. The fourth-order valence-corrected chi connectivity index (χ4v) is 4.36. The number of rotatable bonds is 11. The molecule has 0 bridgehead atoms. The average Bonchev–Trinajstić information content (AvgIpc) is 3.24. The van der Waals surface area contributed by atoms with Crippen molar-refractivity contribution in [2.75, 3.05) is 11.1 Å². The quantitative estimate of drug-likeness (QED) is 0.147. The van der Waals surface area contributed by atoms with Crippen LogP contribution in [0.3, 0.4) is 0 Å². The van der Waals surface area contributed by atoms with Gasteiger partial charge in [-0.2, -0.15) is 0 Å². The first-order valence-corrected chi connectivity index (χ1v) is 12.7. The van der Waals surface area contributed by atoms with Gasteiger partial charge in [-0.25, -0.2) is 0 Å². The van der Waals surface area contributed by atoms with Gasteiger partial charge in [0.25, 0.3) is 11.6 Å². The lowest BCUT2D eigenvalue weighted by molar-refractivity contribution is -0.384.